The Labute approximate surface area is 121 Å². The first kappa shape index (κ1) is 14.2. The smallest absolute Gasteiger partial charge is 0.137 e. The maximum atomic E-state index is 13.7. The van der Waals surface area contributed by atoms with Gasteiger partial charge in [0.15, 0.2) is 0 Å². The van der Waals surface area contributed by atoms with Gasteiger partial charge in [-0.05, 0) is 47.1 Å². The summed E-state index contributed by atoms with van der Waals surface area (Å²) in [5.41, 5.74) is 1.91. The highest BCUT2D eigenvalue weighted by atomic mass is 79.9. The molecule has 3 nitrogen and oxygen atoms in total. The highest BCUT2D eigenvalue weighted by Crippen LogP contribution is 2.30. The topological polar surface area (TPSA) is 29.9 Å². The van der Waals surface area contributed by atoms with Crippen LogP contribution in [0.3, 0.4) is 0 Å². The Morgan fingerprint density at radius 2 is 2.21 bits per heavy atom. The van der Waals surface area contributed by atoms with Crippen LogP contribution in [0.25, 0.3) is 0 Å². The number of nitrogens with zero attached hydrogens (tertiary/aromatic N) is 2. The second-order valence-corrected chi connectivity index (χ2v) is 5.14. The Balaban J connectivity index is 2.44. The molecule has 0 aliphatic heterocycles. The van der Waals surface area contributed by atoms with Gasteiger partial charge >= 0.3 is 0 Å². The minimum absolute atomic E-state index is 0.0841. The molecule has 0 aliphatic carbocycles. The van der Waals surface area contributed by atoms with Crippen molar-refractivity contribution in [3.05, 3.63) is 52.0 Å². The van der Waals surface area contributed by atoms with Crippen molar-refractivity contribution in [2.45, 2.75) is 25.9 Å². The van der Waals surface area contributed by atoms with Crippen molar-refractivity contribution in [3.63, 3.8) is 0 Å². The molecule has 1 unspecified atom stereocenters. The Morgan fingerprint density at radius 3 is 2.89 bits per heavy atom. The molecular formula is C14H17BrFN3. The van der Waals surface area contributed by atoms with Gasteiger partial charge in [-0.1, -0.05) is 19.1 Å². The Hall–Kier alpha value is -1.20. The van der Waals surface area contributed by atoms with Gasteiger partial charge < -0.3 is 5.32 Å². The lowest BCUT2D eigenvalue weighted by molar-refractivity contribution is 0.530. The predicted octanol–water partition coefficient (Wildman–Crippen LogP) is 3.50. The van der Waals surface area contributed by atoms with Crippen LogP contribution in [-0.4, -0.2) is 16.8 Å². The molecule has 0 aliphatic rings. The molecule has 0 radical (unpaired) electrons. The van der Waals surface area contributed by atoms with E-state index in [1.54, 1.807) is 12.3 Å². The Kier molecular flexibility index (Phi) is 4.71. The summed E-state index contributed by atoms with van der Waals surface area (Å²) in [5, 5.41) is 7.55. The predicted molar refractivity (Wildman–Crippen MR) is 77.5 cm³/mol. The standard InChI is InChI=1S/C14H17BrFN3/c1-3-9-19-12(7-8-18-19)14(17-2)10-5-4-6-11(16)13(10)15/h4-8,14,17H,3,9H2,1-2H3. The molecule has 0 spiro atoms. The minimum Gasteiger partial charge on any atom is -0.308 e. The van der Waals surface area contributed by atoms with Gasteiger partial charge in [-0.3, -0.25) is 4.68 Å². The lowest BCUT2D eigenvalue weighted by atomic mass is 10.0. The van der Waals surface area contributed by atoms with Crippen LogP contribution < -0.4 is 5.32 Å². The second kappa shape index (κ2) is 6.30. The van der Waals surface area contributed by atoms with Gasteiger partial charge in [-0.2, -0.15) is 5.10 Å². The maximum absolute atomic E-state index is 13.7. The first-order valence-corrected chi connectivity index (χ1v) is 7.11. The van der Waals surface area contributed by atoms with E-state index >= 15 is 0 Å². The van der Waals surface area contributed by atoms with Crippen LogP contribution in [0.4, 0.5) is 4.39 Å². The van der Waals surface area contributed by atoms with E-state index in [2.05, 4.69) is 33.3 Å². The molecule has 2 rings (SSSR count). The summed E-state index contributed by atoms with van der Waals surface area (Å²) in [5.74, 6) is -0.251. The lowest BCUT2D eigenvalue weighted by Gasteiger charge is -2.20. The summed E-state index contributed by atoms with van der Waals surface area (Å²) >= 11 is 3.33. The summed E-state index contributed by atoms with van der Waals surface area (Å²) in [6, 6.07) is 6.97. The molecule has 102 valence electrons. The fraction of sp³-hybridized carbons (Fsp3) is 0.357. The summed E-state index contributed by atoms with van der Waals surface area (Å²) < 4.78 is 16.1. The second-order valence-electron chi connectivity index (χ2n) is 4.34. The van der Waals surface area contributed by atoms with E-state index in [0.717, 1.165) is 24.2 Å². The molecule has 1 N–H and O–H groups in total. The van der Waals surface area contributed by atoms with Gasteiger partial charge in [0.05, 0.1) is 16.2 Å². The van der Waals surface area contributed by atoms with E-state index in [9.17, 15) is 4.39 Å². The van der Waals surface area contributed by atoms with Crippen LogP contribution in [0.1, 0.15) is 30.6 Å². The normalized spacial score (nSPS) is 12.6. The number of rotatable bonds is 5. The number of hydrogen-bond acceptors (Lipinski definition) is 2. The fourth-order valence-electron chi connectivity index (χ4n) is 2.19. The van der Waals surface area contributed by atoms with E-state index < -0.39 is 0 Å². The molecule has 0 saturated carbocycles. The lowest BCUT2D eigenvalue weighted by Crippen LogP contribution is -2.22. The van der Waals surface area contributed by atoms with Gasteiger partial charge in [-0.25, -0.2) is 4.39 Å². The SMILES string of the molecule is CCCn1nccc1C(NC)c1cccc(F)c1Br. The van der Waals surface area contributed by atoms with Crippen LogP contribution in [-0.2, 0) is 6.54 Å². The first-order valence-electron chi connectivity index (χ1n) is 6.32. The van der Waals surface area contributed by atoms with E-state index in [-0.39, 0.29) is 11.9 Å². The number of benzene rings is 1. The van der Waals surface area contributed by atoms with E-state index in [0.29, 0.717) is 4.47 Å². The van der Waals surface area contributed by atoms with Crippen molar-refractivity contribution in [1.82, 2.24) is 15.1 Å². The third-order valence-corrected chi connectivity index (χ3v) is 3.90. The van der Waals surface area contributed by atoms with Crippen molar-refractivity contribution < 1.29 is 4.39 Å². The molecule has 0 amide bonds. The number of nitrogens with one attached hydrogen (secondary N) is 1. The van der Waals surface area contributed by atoms with E-state index in [1.807, 2.05) is 23.9 Å². The molecule has 0 saturated heterocycles. The zero-order valence-electron chi connectivity index (χ0n) is 11.0. The highest BCUT2D eigenvalue weighted by molar-refractivity contribution is 9.10. The van der Waals surface area contributed by atoms with Gasteiger partial charge in [0, 0.05) is 12.7 Å². The molecule has 1 heterocycles. The van der Waals surface area contributed by atoms with Gasteiger partial charge in [0.25, 0.3) is 0 Å². The van der Waals surface area contributed by atoms with Crippen LogP contribution in [0, 0.1) is 5.82 Å². The van der Waals surface area contributed by atoms with E-state index in [4.69, 9.17) is 0 Å². The monoisotopic (exact) mass is 325 g/mol. The molecule has 0 bridgehead atoms. The molecule has 0 fully saturated rings. The Morgan fingerprint density at radius 1 is 1.42 bits per heavy atom. The zero-order chi connectivity index (χ0) is 13.8. The third-order valence-electron chi connectivity index (χ3n) is 3.06. The molecule has 19 heavy (non-hydrogen) atoms. The van der Waals surface area contributed by atoms with Crippen molar-refractivity contribution >= 4 is 15.9 Å². The maximum Gasteiger partial charge on any atom is 0.137 e. The number of hydrogen-bond donors (Lipinski definition) is 1. The van der Waals surface area contributed by atoms with Gasteiger partial charge in [0.1, 0.15) is 5.82 Å². The average molecular weight is 326 g/mol. The number of aromatic nitrogens is 2. The number of aryl methyl sites for hydroxylation is 1. The van der Waals surface area contributed by atoms with Crippen LogP contribution >= 0.6 is 15.9 Å². The Bertz CT molecular complexity index is 553. The van der Waals surface area contributed by atoms with Crippen molar-refractivity contribution in [2.75, 3.05) is 7.05 Å². The van der Waals surface area contributed by atoms with Crippen LogP contribution in [0.5, 0.6) is 0 Å². The molecule has 2 aromatic rings. The van der Waals surface area contributed by atoms with Gasteiger partial charge in [0.2, 0.25) is 0 Å². The first-order chi connectivity index (χ1) is 9.19. The van der Waals surface area contributed by atoms with Crippen molar-refractivity contribution in [1.29, 1.82) is 0 Å². The van der Waals surface area contributed by atoms with Crippen molar-refractivity contribution in [3.8, 4) is 0 Å². The van der Waals surface area contributed by atoms with Gasteiger partial charge in [-0.15, -0.1) is 0 Å². The number of halogens is 2. The minimum atomic E-state index is -0.251. The zero-order valence-corrected chi connectivity index (χ0v) is 12.6. The highest BCUT2D eigenvalue weighted by Gasteiger charge is 2.20. The van der Waals surface area contributed by atoms with Crippen molar-refractivity contribution in [2.24, 2.45) is 0 Å². The van der Waals surface area contributed by atoms with Crippen LogP contribution in [0.2, 0.25) is 0 Å². The molecule has 5 heteroatoms. The quantitative estimate of drug-likeness (QED) is 0.911. The fourth-order valence-corrected chi connectivity index (χ4v) is 2.69. The third kappa shape index (κ3) is 2.87. The molecule has 1 aromatic carbocycles. The largest absolute Gasteiger partial charge is 0.308 e. The molecular weight excluding hydrogens is 309 g/mol. The summed E-state index contributed by atoms with van der Waals surface area (Å²) in [6.07, 6.45) is 2.79. The average Bonchev–Trinajstić information content (AvgIpc) is 2.84. The van der Waals surface area contributed by atoms with E-state index in [1.165, 1.54) is 6.07 Å². The summed E-state index contributed by atoms with van der Waals surface area (Å²) in [6.45, 7) is 2.96. The van der Waals surface area contributed by atoms with Crippen LogP contribution in [0.15, 0.2) is 34.9 Å². The summed E-state index contributed by atoms with van der Waals surface area (Å²) in [4.78, 5) is 0. The molecule has 1 aromatic heterocycles. The molecule has 1 atom stereocenters. The summed E-state index contributed by atoms with van der Waals surface area (Å²) in [7, 11) is 1.87.